The van der Waals surface area contributed by atoms with Crippen LogP contribution in [-0.2, 0) is 4.79 Å². The molecule has 3 heteroatoms. The average Bonchev–Trinajstić information content (AvgIpc) is 2.35. The van der Waals surface area contributed by atoms with Gasteiger partial charge in [-0.2, -0.15) is 0 Å². The van der Waals surface area contributed by atoms with Gasteiger partial charge in [-0.1, -0.05) is 6.92 Å². The topological polar surface area (TPSA) is 46.3 Å². The second-order valence-corrected chi connectivity index (χ2v) is 6.65. The molecule has 0 unspecified atom stereocenters. The predicted octanol–water partition coefficient (Wildman–Crippen LogP) is 2.01. The van der Waals surface area contributed by atoms with Gasteiger partial charge in [-0.15, -0.1) is 0 Å². The highest BCUT2D eigenvalue weighted by Gasteiger charge is 2.50. The van der Waals surface area contributed by atoms with E-state index < -0.39 is 0 Å². The maximum absolute atomic E-state index is 12.2. The number of hydrogen-bond acceptors (Lipinski definition) is 2. The highest BCUT2D eigenvalue weighted by molar-refractivity contribution is 5.76. The van der Waals surface area contributed by atoms with Crippen LogP contribution in [0.3, 0.4) is 0 Å². The van der Waals surface area contributed by atoms with Gasteiger partial charge in [0.1, 0.15) is 0 Å². The minimum atomic E-state index is 0.318. The van der Waals surface area contributed by atoms with Crippen molar-refractivity contribution in [2.75, 3.05) is 13.1 Å². The number of rotatable bonds is 4. The molecular formula is C15H26N2O. The normalized spacial score (nSPS) is 41.1. The second-order valence-electron chi connectivity index (χ2n) is 6.65. The minimum Gasteiger partial charge on any atom is -0.338 e. The third kappa shape index (κ3) is 1.97. The van der Waals surface area contributed by atoms with Gasteiger partial charge in [-0.05, 0) is 55.8 Å². The van der Waals surface area contributed by atoms with E-state index in [1.54, 1.807) is 0 Å². The molecule has 4 saturated carbocycles. The van der Waals surface area contributed by atoms with Crippen LogP contribution in [0.25, 0.3) is 0 Å². The van der Waals surface area contributed by atoms with Crippen molar-refractivity contribution in [1.82, 2.24) is 4.90 Å². The molecule has 0 aromatic carbocycles. The molecule has 18 heavy (non-hydrogen) atoms. The van der Waals surface area contributed by atoms with Gasteiger partial charge in [0.25, 0.3) is 0 Å². The molecule has 4 rings (SSSR count). The van der Waals surface area contributed by atoms with Crippen LogP contribution >= 0.6 is 0 Å². The van der Waals surface area contributed by atoms with Crippen molar-refractivity contribution in [3.8, 4) is 0 Å². The van der Waals surface area contributed by atoms with Crippen LogP contribution < -0.4 is 5.73 Å². The van der Waals surface area contributed by atoms with Gasteiger partial charge in [0.15, 0.2) is 0 Å². The van der Waals surface area contributed by atoms with Gasteiger partial charge in [0, 0.05) is 25.6 Å². The quantitative estimate of drug-likeness (QED) is 0.829. The second kappa shape index (κ2) is 4.84. The van der Waals surface area contributed by atoms with Crippen molar-refractivity contribution in [2.24, 2.45) is 29.4 Å². The van der Waals surface area contributed by atoms with E-state index in [1.165, 1.54) is 32.1 Å². The van der Waals surface area contributed by atoms with E-state index in [2.05, 4.69) is 4.90 Å². The SMILES string of the molecule is CCC(=O)N(CCN)C1C2CC3CC(C2)CC1C3. The highest BCUT2D eigenvalue weighted by atomic mass is 16.2. The number of amides is 1. The number of carbonyl (C=O) groups excluding carboxylic acids is 1. The standard InChI is InChI=1S/C15H26N2O/c1-2-14(18)17(4-3-16)15-12-6-10-5-11(8-12)9-13(15)7-10/h10-13,15H,2-9,16H2,1H3. The van der Waals surface area contributed by atoms with Crippen molar-refractivity contribution < 1.29 is 4.79 Å². The average molecular weight is 250 g/mol. The maximum Gasteiger partial charge on any atom is 0.222 e. The van der Waals surface area contributed by atoms with Crippen LogP contribution in [0.2, 0.25) is 0 Å². The number of nitrogens with zero attached hydrogens (tertiary/aromatic N) is 1. The molecule has 0 spiro atoms. The van der Waals surface area contributed by atoms with Crippen molar-refractivity contribution in [1.29, 1.82) is 0 Å². The molecule has 0 aromatic rings. The lowest BCUT2D eigenvalue weighted by atomic mass is 9.54. The van der Waals surface area contributed by atoms with Crippen LogP contribution in [0.1, 0.15) is 45.4 Å². The third-order valence-electron chi connectivity index (χ3n) is 5.53. The first kappa shape index (κ1) is 12.5. The number of carbonyl (C=O) groups is 1. The zero-order valence-electron chi connectivity index (χ0n) is 11.5. The number of hydrogen-bond donors (Lipinski definition) is 1. The van der Waals surface area contributed by atoms with E-state index in [0.717, 1.165) is 30.2 Å². The third-order valence-corrected chi connectivity index (χ3v) is 5.53. The van der Waals surface area contributed by atoms with Gasteiger partial charge >= 0.3 is 0 Å². The highest BCUT2D eigenvalue weighted by Crippen LogP contribution is 2.55. The molecular weight excluding hydrogens is 224 g/mol. The Morgan fingerprint density at radius 2 is 1.67 bits per heavy atom. The van der Waals surface area contributed by atoms with Gasteiger partial charge in [0.2, 0.25) is 5.91 Å². The van der Waals surface area contributed by atoms with Gasteiger partial charge in [0.05, 0.1) is 0 Å². The van der Waals surface area contributed by atoms with E-state index in [0.29, 0.717) is 24.9 Å². The molecule has 0 atom stereocenters. The molecule has 0 aromatic heterocycles. The summed E-state index contributed by atoms with van der Waals surface area (Å²) in [6, 6.07) is 0.522. The molecule has 3 nitrogen and oxygen atoms in total. The van der Waals surface area contributed by atoms with Crippen molar-refractivity contribution in [3.63, 3.8) is 0 Å². The van der Waals surface area contributed by atoms with Gasteiger partial charge in [-0.25, -0.2) is 0 Å². The first-order valence-electron chi connectivity index (χ1n) is 7.72. The Morgan fingerprint density at radius 1 is 1.11 bits per heavy atom. The summed E-state index contributed by atoms with van der Waals surface area (Å²) in [7, 11) is 0. The lowest BCUT2D eigenvalue weighted by Crippen LogP contribution is -2.58. The molecule has 4 aliphatic carbocycles. The lowest BCUT2D eigenvalue weighted by molar-refractivity contribution is -0.143. The first-order chi connectivity index (χ1) is 8.72. The van der Waals surface area contributed by atoms with Crippen molar-refractivity contribution >= 4 is 5.91 Å². The molecule has 4 fully saturated rings. The van der Waals surface area contributed by atoms with Crippen LogP contribution in [0.15, 0.2) is 0 Å². The van der Waals surface area contributed by atoms with E-state index in [1.807, 2.05) is 6.92 Å². The van der Waals surface area contributed by atoms with Crippen LogP contribution in [0.4, 0.5) is 0 Å². The molecule has 1 amide bonds. The molecule has 2 N–H and O–H groups in total. The Hall–Kier alpha value is -0.570. The maximum atomic E-state index is 12.2. The fourth-order valence-electron chi connectivity index (χ4n) is 5.19. The zero-order chi connectivity index (χ0) is 12.7. The summed E-state index contributed by atoms with van der Waals surface area (Å²) in [5.41, 5.74) is 5.72. The lowest BCUT2D eigenvalue weighted by Gasteiger charge is -2.57. The fourth-order valence-corrected chi connectivity index (χ4v) is 5.19. The Balaban J connectivity index is 1.79. The molecule has 102 valence electrons. The zero-order valence-corrected chi connectivity index (χ0v) is 11.5. The minimum absolute atomic E-state index is 0.318. The van der Waals surface area contributed by atoms with Crippen molar-refractivity contribution in [3.05, 3.63) is 0 Å². The summed E-state index contributed by atoms with van der Waals surface area (Å²) in [5.74, 6) is 3.82. The first-order valence-corrected chi connectivity index (χ1v) is 7.72. The van der Waals surface area contributed by atoms with Gasteiger partial charge < -0.3 is 10.6 Å². The summed E-state index contributed by atoms with van der Waals surface area (Å²) in [4.78, 5) is 14.3. The molecule has 4 bridgehead atoms. The largest absolute Gasteiger partial charge is 0.338 e. The van der Waals surface area contributed by atoms with Crippen molar-refractivity contribution in [2.45, 2.75) is 51.5 Å². The Morgan fingerprint density at radius 3 is 2.11 bits per heavy atom. The smallest absolute Gasteiger partial charge is 0.222 e. The number of nitrogens with two attached hydrogens (primary N) is 1. The molecule has 0 saturated heterocycles. The predicted molar refractivity (Wildman–Crippen MR) is 71.9 cm³/mol. The molecule has 0 aliphatic heterocycles. The van der Waals surface area contributed by atoms with Gasteiger partial charge in [-0.3, -0.25) is 4.79 Å². The van der Waals surface area contributed by atoms with E-state index in [-0.39, 0.29) is 0 Å². The molecule has 4 aliphatic rings. The Kier molecular flexibility index (Phi) is 3.35. The van der Waals surface area contributed by atoms with Crippen LogP contribution in [0, 0.1) is 23.7 Å². The molecule has 0 radical (unpaired) electrons. The summed E-state index contributed by atoms with van der Waals surface area (Å²) in [5, 5.41) is 0. The Bertz CT molecular complexity index is 300. The van der Waals surface area contributed by atoms with E-state index in [9.17, 15) is 4.79 Å². The fraction of sp³-hybridized carbons (Fsp3) is 0.933. The summed E-state index contributed by atoms with van der Waals surface area (Å²) < 4.78 is 0. The van der Waals surface area contributed by atoms with Crippen LogP contribution in [-0.4, -0.2) is 29.9 Å². The van der Waals surface area contributed by atoms with E-state index >= 15 is 0 Å². The Labute approximate surface area is 110 Å². The monoisotopic (exact) mass is 250 g/mol. The summed E-state index contributed by atoms with van der Waals surface area (Å²) >= 11 is 0. The molecule has 0 heterocycles. The summed E-state index contributed by atoms with van der Waals surface area (Å²) in [6.45, 7) is 3.34. The summed E-state index contributed by atoms with van der Waals surface area (Å²) in [6.07, 6.45) is 7.58. The van der Waals surface area contributed by atoms with Crippen LogP contribution in [0.5, 0.6) is 0 Å². The van der Waals surface area contributed by atoms with E-state index in [4.69, 9.17) is 5.73 Å².